The molecule has 7 nitrogen and oxygen atoms in total. The van der Waals surface area contributed by atoms with Gasteiger partial charge in [-0.2, -0.15) is 0 Å². The van der Waals surface area contributed by atoms with Crippen LogP contribution in [0.1, 0.15) is 41.7 Å². The monoisotopic (exact) mass is 343 g/mol. The Balaban J connectivity index is 1.70. The van der Waals surface area contributed by atoms with Gasteiger partial charge in [0.2, 0.25) is 5.91 Å². The van der Waals surface area contributed by atoms with Gasteiger partial charge in [-0.1, -0.05) is 24.1 Å². The molecule has 1 fully saturated rings. The minimum Gasteiger partial charge on any atom is -0.368 e. The van der Waals surface area contributed by atoms with E-state index in [2.05, 4.69) is 10.3 Å². The number of rotatable bonds is 3. The molecule has 1 aliphatic carbocycles. The Bertz CT molecular complexity index is 856. The summed E-state index contributed by atoms with van der Waals surface area (Å²) in [6.45, 7) is 0.306. The zero-order chi connectivity index (χ0) is 17.6. The third-order valence-corrected chi connectivity index (χ3v) is 5.15. The number of halogens is 1. The summed E-state index contributed by atoms with van der Waals surface area (Å²) in [6.07, 6.45) is 5.21. The second-order valence-electron chi connectivity index (χ2n) is 6.78. The van der Waals surface area contributed by atoms with Crippen LogP contribution in [0.5, 0.6) is 0 Å². The number of nitrogens with two attached hydrogens (primary N) is 1. The molecule has 1 aromatic carbocycles. The SMILES string of the molecule is NC(=O)Cn1cc(C(=O)N2CC3(CCCC3)c3c(F)cccc32)nn1. The first-order valence-corrected chi connectivity index (χ1v) is 8.29. The summed E-state index contributed by atoms with van der Waals surface area (Å²) in [7, 11) is 0. The van der Waals surface area contributed by atoms with Crippen LogP contribution in [0.4, 0.5) is 10.1 Å². The Morgan fingerprint density at radius 3 is 2.76 bits per heavy atom. The molecule has 1 aliphatic heterocycles. The van der Waals surface area contributed by atoms with Crippen LogP contribution in [-0.4, -0.2) is 33.4 Å². The quantitative estimate of drug-likeness (QED) is 0.911. The lowest BCUT2D eigenvalue weighted by Gasteiger charge is -2.24. The molecule has 130 valence electrons. The summed E-state index contributed by atoms with van der Waals surface area (Å²) >= 11 is 0. The van der Waals surface area contributed by atoms with Gasteiger partial charge in [0.25, 0.3) is 5.91 Å². The van der Waals surface area contributed by atoms with Crippen LogP contribution < -0.4 is 10.6 Å². The largest absolute Gasteiger partial charge is 0.368 e. The minimum absolute atomic E-state index is 0.117. The van der Waals surface area contributed by atoms with Gasteiger partial charge >= 0.3 is 0 Å². The highest BCUT2D eigenvalue weighted by Crippen LogP contribution is 2.51. The maximum atomic E-state index is 14.6. The summed E-state index contributed by atoms with van der Waals surface area (Å²) in [5, 5.41) is 7.60. The fraction of sp³-hybridized carbons (Fsp3) is 0.412. The van der Waals surface area contributed by atoms with E-state index in [1.165, 1.54) is 16.9 Å². The lowest BCUT2D eigenvalue weighted by atomic mass is 9.80. The first kappa shape index (κ1) is 15.7. The average Bonchev–Trinajstić information content (AvgIpc) is 3.28. The van der Waals surface area contributed by atoms with Crippen LogP contribution in [0.25, 0.3) is 0 Å². The van der Waals surface area contributed by atoms with Crippen molar-refractivity contribution < 1.29 is 14.0 Å². The predicted molar refractivity (Wildman–Crippen MR) is 87.4 cm³/mol. The Hall–Kier alpha value is -2.77. The molecule has 1 aromatic heterocycles. The average molecular weight is 343 g/mol. The second kappa shape index (κ2) is 5.65. The summed E-state index contributed by atoms with van der Waals surface area (Å²) in [4.78, 5) is 25.5. The molecule has 0 radical (unpaired) electrons. The number of amides is 2. The van der Waals surface area contributed by atoms with E-state index in [9.17, 15) is 14.0 Å². The van der Waals surface area contributed by atoms with Gasteiger partial charge in [0.05, 0.1) is 11.9 Å². The summed E-state index contributed by atoms with van der Waals surface area (Å²) in [5.74, 6) is -1.17. The Labute approximate surface area is 143 Å². The molecular weight excluding hydrogens is 325 g/mol. The van der Waals surface area contributed by atoms with Crippen molar-refractivity contribution in [3.05, 3.63) is 41.5 Å². The molecule has 2 aromatic rings. The highest BCUT2D eigenvalue weighted by Gasteiger charge is 2.48. The minimum atomic E-state index is -0.567. The number of carbonyl (C=O) groups excluding carboxylic acids is 2. The molecular formula is C17H18FN5O2. The predicted octanol–water partition coefficient (Wildman–Crippen LogP) is 1.37. The van der Waals surface area contributed by atoms with E-state index < -0.39 is 5.91 Å². The lowest BCUT2D eigenvalue weighted by Crippen LogP contribution is -2.35. The highest BCUT2D eigenvalue weighted by molar-refractivity contribution is 6.06. The molecule has 1 spiro atoms. The van der Waals surface area contributed by atoms with Gasteiger partial charge in [-0.05, 0) is 25.0 Å². The van der Waals surface area contributed by atoms with Gasteiger partial charge < -0.3 is 10.6 Å². The van der Waals surface area contributed by atoms with Crippen LogP contribution in [0.3, 0.4) is 0 Å². The van der Waals surface area contributed by atoms with E-state index in [0.29, 0.717) is 17.8 Å². The fourth-order valence-corrected chi connectivity index (χ4v) is 4.14. The molecule has 1 saturated carbocycles. The topological polar surface area (TPSA) is 94.1 Å². The summed E-state index contributed by atoms with van der Waals surface area (Å²) in [5.41, 5.74) is 6.19. The van der Waals surface area contributed by atoms with Crippen LogP contribution in [0.2, 0.25) is 0 Å². The number of fused-ring (bicyclic) bond motifs is 2. The van der Waals surface area contributed by atoms with E-state index >= 15 is 0 Å². The maximum Gasteiger partial charge on any atom is 0.280 e. The smallest absolute Gasteiger partial charge is 0.280 e. The van der Waals surface area contributed by atoms with Gasteiger partial charge in [-0.15, -0.1) is 5.10 Å². The fourth-order valence-electron chi connectivity index (χ4n) is 4.14. The van der Waals surface area contributed by atoms with E-state index in [1.807, 2.05) is 0 Å². The van der Waals surface area contributed by atoms with Gasteiger partial charge in [0.1, 0.15) is 12.4 Å². The number of hydrogen-bond donors (Lipinski definition) is 1. The molecule has 25 heavy (non-hydrogen) atoms. The van der Waals surface area contributed by atoms with Crippen LogP contribution in [0, 0.1) is 5.82 Å². The lowest BCUT2D eigenvalue weighted by molar-refractivity contribution is -0.118. The van der Waals surface area contributed by atoms with Crippen molar-refractivity contribution in [1.82, 2.24) is 15.0 Å². The first-order chi connectivity index (χ1) is 12.0. The normalized spacial score (nSPS) is 17.9. The Kier molecular flexibility index (Phi) is 3.55. The molecule has 0 bridgehead atoms. The molecule has 2 amide bonds. The third-order valence-electron chi connectivity index (χ3n) is 5.15. The molecule has 2 N–H and O–H groups in total. The van der Waals surface area contributed by atoms with Crippen molar-refractivity contribution in [3.8, 4) is 0 Å². The van der Waals surface area contributed by atoms with E-state index in [4.69, 9.17) is 5.73 Å². The van der Waals surface area contributed by atoms with E-state index in [0.717, 1.165) is 25.7 Å². The second-order valence-corrected chi connectivity index (χ2v) is 6.78. The van der Waals surface area contributed by atoms with Gasteiger partial charge in [-0.3, -0.25) is 9.59 Å². The number of nitrogens with zero attached hydrogens (tertiary/aromatic N) is 4. The number of aromatic nitrogens is 3. The Morgan fingerprint density at radius 2 is 2.04 bits per heavy atom. The highest BCUT2D eigenvalue weighted by atomic mass is 19.1. The van der Waals surface area contributed by atoms with Crippen molar-refractivity contribution in [2.24, 2.45) is 5.73 Å². The number of benzene rings is 1. The number of anilines is 1. The van der Waals surface area contributed by atoms with Gasteiger partial charge in [-0.25, -0.2) is 9.07 Å². The van der Waals surface area contributed by atoms with Crippen molar-refractivity contribution in [1.29, 1.82) is 0 Å². The van der Waals surface area contributed by atoms with Crippen molar-refractivity contribution in [2.45, 2.75) is 37.6 Å². The van der Waals surface area contributed by atoms with Crippen molar-refractivity contribution in [2.75, 3.05) is 11.4 Å². The molecule has 0 unspecified atom stereocenters. The number of carbonyl (C=O) groups is 2. The number of primary amides is 1. The zero-order valence-electron chi connectivity index (χ0n) is 13.6. The molecule has 8 heteroatoms. The summed E-state index contributed by atoms with van der Waals surface area (Å²) < 4.78 is 15.8. The molecule has 4 rings (SSSR count). The standard InChI is InChI=1S/C17H18FN5O2/c18-11-4-3-5-13-15(11)17(6-1-2-7-17)10-23(13)16(25)12-8-22(21-20-12)9-14(19)24/h3-5,8H,1-2,6-7,9-10H2,(H2,19,24). The Morgan fingerprint density at radius 1 is 1.28 bits per heavy atom. The molecule has 0 atom stereocenters. The van der Waals surface area contributed by atoms with E-state index in [1.54, 1.807) is 17.0 Å². The molecule has 2 aliphatic rings. The van der Waals surface area contributed by atoms with Gasteiger partial charge in [0.15, 0.2) is 5.69 Å². The molecule has 0 saturated heterocycles. The molecule has 2 heterocycles. The summed E-state index contributed by atoms with van der Waals surface area (Å²) in [6, 6.07) is 4.85. The third kappa shape index (κ3) is 2.48. The zero-order valence-corrected chi connectivity index (χ0v) is 13.6. The number of hydrogen-bond acceptors (Lipinski definition) is 4. The van der Waals surface area contributed by atoms with Crippen molar-refractivity contribution in [3.63, 3.8) is 0 Å². The van der Waals surface area contributed by atoms with Crippen molar-refractivity contribution >= 4 is 17.5 Å². The van der Waals surface area contributed by atoms with E-state index in [-0.39, 0.29) is 29.4 Å². The first-order valence-electron chi connectivity index (χ1n) is 8.29. The maximum absolute atomic E-state index is 14.6. The van der Waals surface area contributed by atoms with Crippen LogP contribution >= 0.6 is 0 Å². The van der Waals surface area contributed by atoms with Crippen LogP contribution in [-0.2, 0) is 16.8 Å². The van der Waals surface area contributed by atoms with Gasteiger partial charge in [0, 0.05) is 17.5 Å². The van der Waals surface area contributed by atoms with Crippen LogP contribution in [0.15, 0.2) is 24.4 Å².